The van der Waals surface area contributed by atoms with Crippen LogP contribution in [0.15, 0.2) is 30.5 Å². The van der Waals surface area contributed by atoms with Gasteiger partial charge in [0.25, 0.3) is 5.91 Å². The van der Waals surface area contributed by atoms with Crippen LogP contribution in [0, 0.1) is 13.8 Å². The first-order valence-electron chi connectivity index (χ1n) is 5.99. The number of nitrogens with one attached hydrogen (secondary N) is 2. The molecular formula is C14H16N4O. The van der Waals surface area contributed by atoms with Crippen molar-refractivity contribution >= 4 is 17.5 Å². The number of carbonyl (C=O) groups excluding carboxylic acids is 1. The largest absolute Gasteiger partial charge is 0.373 e. The van der Waals surface area contributed by atoms with Gasteiger partial charge in [0.1, 0.15) is 11.6 Å². The minimum atomic E-state index is -0.194. The lowest BCUT2D eigenvalue weighted by Crippen LogP contribution is -2.14. The molecule has 0 radical (unpaired) electrons. The molecule has 0 aliphatic heterocycles. The molecule has 5 nitrogen and oxygen atoms in total. The van der Waals surface area contributed by atoms with E-state index >= 15 is 0 Å². The van der Waals surface area contributed by atoms with E-state index in [-0.39, 0.29) is 5.91 Å². The molecule has 2 heterocycles. The summed E-state index contributed by atoms with van der Waals surface area (Å²) in [4.78, 5) is 20.5. The molecule has 0 saturated heterocycles. The monoisotopic (exact) mass is 256 g/mol. The summed E-state index contributed by atoms with van der Waals surface area (Å²) in [5.41, 5.74) is 2.39. The van der Waals surface area contributed by atoms with Gasteiger partial charge in [0.2, 0.25) is 0 Å². The number of amides is 1. The Kier molecular flexibility index (Phi) is 3.75. The minimum absolute atomic E-state index is 0.194. The number of pyridine rings is 2. The van der Waals surface area contributed by atoms with Crippen molar-refractivity contribution < 1.29 is 4.79 Å². The van der Waals surface area contributed by atoms with E-state index in [0.717, 1.165) is 11.3 Å². The molecular weight excluding hydrogens is 240 g/mol. The van der Waals surface area contributed by atoms with Crippen molar-refractivity contribution in [3.8, 4) is 0 Å². The molecule has 0 bridgehead atoms. The maximum absolute atomic E-state index is 12.1. The highest BCUT2D eigenvalue weighted by atomic mass is 16.1. The fourth-order valence-electron chi connectivity index (χ4n) is 1.72. The van der Waals surface area contributed by atoms with Crippen molar-refractivity contribution in [3.63, 3.8) is 0 Å². The van der Waals surface area contributed by atoms with Gasteiger partial charge in [-0.3, -0.25) is 4.79 Å². The minimum Gasteiger partial charge on any atom is -0.373 e. The first kappa shape index (κ1) is 13.0. The molecule has 0 fully saturated rings. The summed E-state index contributed by atoms with van der Waals surface area (Å²) in [6.07, 6.45) is 1.67. The average molecular weight is 256 g/mol. The summed E-state index contributed by atoms with van der Waals surface area (Å²) in [6, 6.07) is 7.15. The van der Waals surface area contributed by atoms with Crippen molar-refractivity contribution in [2.45, 2.75) is 13.8 Å². The molecule has 19 heavy (non-hydrogen) atoms. The van der Waals surface area contributed by atoms with Crippen LogP contribution in [-0.2, 0) is 0 Å². The van der Waals surface area contributed by atoms with Gasteiger partial charge < -0.3 is 10.6 Å². The third-order valence-electron chi connectivity index (χ3n) is 2.63. The number of anilines is 2. The van der Waals surface area contributed by atoms with Crippen LogP contribution in [-0.4, -0.2) is 22.9 Å². The molecule has 2 aromatic heterocycles. The standard InChI is InChI=1S/C14H16N4O/c1-9-4-5-16-13(6-9)18-14(19)11-7-10(2)17-12(8-11)15-3/h4-8H,1-3H3,(H,15,17)(H,16,18,19). The Hall–Kier alpha value is -2.43. The molecule has 0 saturated carbocycles. The zero-order valence-corrected chi connectivity index (χ0v) is 11.2. The predicted octanol–water partition coefficient (Wildman–Crippen LogP) is 2.39. The van der Waals surface area contributed by atoms with Gasteiger partial charge >= 0.3 is 0 Å². The van der Waals surface area contributed by atoms with Crippen molar-refractivity contribution in [3.05, 3.63) is 47.3 Å². The highest BCUT2D eigenvalue weighted by Gasteiger charge is 2.09. The molecule has 0 unspecified atom stereocenters. The quantitative estimate of drug-likeness (QED) is 0.884. The molecule has 0 aromatic carbocycles. The average Bonchev–Trinajstić information content (AvgIpc) is 2.38. The van der Waals surface area contributed by atoms with E-state index in [1.165, 1.54) is 0 Å². The zero-order chi connectivity index (χ0) is 13.8. The molecule has 2 N–H and O–H groups in total. The fraction of sp³-hybridized carbons (Fsp3) is 0.214. The third-order valence-corrected chi connectivity index (χ3v) is 2.63. The number of aromatic nitrogens is 2. The van der Waals surface area contributed by atoms with E-state index in [2.05, 4.69) is 20.6 Å². The van der Waals surface area contributed by atoms with Crippen LogP contribution < -0.4 is 10.6 Å². The van der Waals surface area contributed by atoms with Gasteiger partial charge in [-0.15, -0.1) is 0 Å². The Morgan fingerprint density at radius 3 is 2.63 bits per heavy atom. The maximum Gasteiger partial charge on any atom is 0.257 e. The van der Waals surface area contributed by atoms with Gasteiger partial charge in [-0.05, 0) is 43.7 Å². The third kappa shape index (κ3) is 3.28. The van der Waals surface area contributed by atoms with Crippen LogP contribution in [0.4, 0.5) is 11.6 Å². The van der Waals surface area contributed by atoms with Crippen molar-refractivity contribution in [2.24, 2.45) is 0 Å². The van der Waals surface area contributed by atoms with Crippen molar-refractivity contribution in [1.29, 1.82) is 0 Å². The number of rotatable bonds is 3. The van der Waals surface area contributed by atoms with Crippen LogP contribution >= 0.6 is 0 Å². The van der Waals surface area contributed by atoms with E-state index in [1.54, 1.807) is 25.4 Å². The van der Waals surface area contributed by atoms with Gasteiger partial charge in [-0.25, -0.2) is 9.97 Å². The van der Waals surface area contributed by atoms with Crippen LogP contribution in [0.25, 0.3) is 0 Å². The lowest BCUT2D eigenvalue weighted by molar-refractivity contribution is 0.102. The van der Waals surface area contributed by atoms with Crippen molar-refractivity contribution in [1.82, 2.24) is 9.97 Å². The lowest BCUT2D eigenvalue weighted by atomic mass is 10.2. The molecule has 0 spiro atoms. The second-order valence-corrected chi connectivity index (χ2v) is 4.30. The summed E-state index contributed by atoms with van der Waals surface area (Å²) < 4.78 is 0. The van der Waals surface area contributed by atoms with Gasteiger partial charge in [0, 0.05) is 24.5 Å². The highest BCUT2D eigenvalue weighted by molar-refractivity contribution is 6.04. The first-order chi connectivity index (χ1) is 9.08. The Labute approximate surface area is 112 Å². The molecule has 0 atom stereocenters. The van der Waals surface area contributed by atoms with Gasteiger partial charge in [-0.1, -0.05) is 0 Å². The van der Waals surface area contributed by atoms with E-state index in [4.69, 9.17) is 0 Å². The van der Waals surface area contributed by atoms with E-state index in [1.807, 2.05) is 26.0 Å². The van der Waals surface area contributed by atoms with Crippen LogP contribution in [0.1, 0.15) is 21.6 Å². The molecule has 2 rings (SSSR count). The van der Waals surface area contributed by atoms with Gasteiger partial charge in [-0.2, -0.15) is 0 Å². The summed E-state index contributed by atoms with van der Waals surface area (Å²) >= 11 is 0. The second kappa shape index (κ2) is 5.48. The molecule has 0 aliphatic rings. The van der Waals surface area contributed by atoms with Crippen molar-refractivity contribution in [2.75, 3.05) is 17.7 Å². The zero-order valence-electron chi connectivity index (χ0n) is 11.2. The summed E-state index contributed by atoms with van der Waals surface area (Å²) in [5.74, 6) is 1.02. The van der Waals surface area contributed by atoms with Crippen LogP contribution in [0.3, 0.4) is 0 Å². The first-order valence-corrected chi connectivity index (χ1v) is 5.99. The summed E-state index contributed by atoms with van der Waals surface area (Å²) in [6.45, 7) is 3.80. The summed E-state index contributed by atoms with van der Waals surface area (Å²) in [7, 11) is 1.77. The predicted molar refractivity (Wildman–Crippen MR) is 75.4 cm³/mol. The highest BCUT2D eigenvalue weighted by Crippen LogP contribution is 2.12. The molecule has 5 heteroatoms. The summed E-state index contributed by atoms with van der Waals surface area (Å²) in [5, 5.41) is 5.70. The molecule has 2 aromatic rings. The maximum atomic E-state index is 12.1. The van der Waals surface area contributed by atoms with Gasteiger partial charge in [0.15, 0.2) is 0 Å². The molecule has 1 amide bonds. The topological polar surface area (TPSA) is 66.9 Å². The molecule has 0 aliphatic carbocycles. The normalized spacial score (nSPS) is 10.1. The number of nitrogens with zero attached hydrogens (tertiary/aromatic N) is 2. The Morgan fingerprint density at radius 2 is 1.95 bits per heavy atom. The Balaban J connectivity index is 2.22. The number of hydrogen-bond donors (Lipinski definition) is 2. The Morgan fingerprint density at radius 1 is 1.16 bits per heavy atom. The van der Waals surface area contributed by atoms with Crippen LogP contribution in [0.5, 0.6) is 0 Å². The number of hydrogen-bond acceptors (Lipinski definition) is 4. The fourth-order valence-corrected chi connectivity index (χ4v) is 1.72. The lowest BCUT2D eigenvalue weighted by Gasteiger charge is -2.07. The Bertz CT molecular complexity index is 610. The van der Waals surface area contributed by atoms with E-state index < -0.39 is 0 Å². The molecule has 98 valence electrons. The SMILES string of the molecule is CNc1cc(C(=O)Nc2cc(C)ccn2)cc(C)n1. The van der Waals surface area contributed by atoms with Crippen LogP contribution in [0.2, 0.25) is 0 Å². The van der Waals surface area contributed by atoms with Gasteiger partial charge in [0.05, 0.1) is 0 Å². The number of aryl methyl sites for hydroxylation is 2. The smallest absolute Gasteiger partial charge is 0.257 e. The van der Waals surface area contributed by atoms with E-state index in [0.29, 0.717) is 17.2 Å². The second-order valence-electron chi connectivity index (χ2n) is 4.30. The number of carbonyl (C=O) groups is 1. The van der Waals surface area contributed by atoms with E-state index in [9.17, 15) is 4.79 Å².